The van der Waals surface area contributed by atoms with E-state index in [1.54, 1.807) is 5.56 Å². The minimum absolute atomic E-state index is 0.587. The fourth-order valence-corrected chi connectivity index (χ4v) is 3.73. The van der Waals surface area contributed by atoms with Gasteiger partial charge in [-0.15, -0.1) is 0 Å². The van der Waals surface area contributed by atoms with Gasteiger partial charge in [0.25, 0.3) is 0 Å². The van der Waals surface area contributed by atoms with Crippen LogP contribution in [-0.2, 0) is 0 Å². The Hall–Kier alpha value is -1.82. The molecule has 2 unspecified atom stereocenters. The molecule has 0 aliphatic heterocycles. The van der Waals surface area contributed by atoms with Crippen molar-refractivity contribution in [3.8, 4) is 11.1 Å². The Labute approximate surface area is 114 Å². The van der Waals surface area contributed by atoms with Gasteiger partial charge in [0.1, 0.15) is 0 Å². The predicted octanol–water partition coefficient (Wildman–Crippen LogP) is 5.11. The molecule has 2 aliphatic rings. The van der Waals surface area contributed by atoms with Crippen LogP contribution in [0.15, 0.2) is 48.6 Å². The molecule has 0 spiro atoms. The van der Waals surface area contributed by atoms with Gasteiger partial charge in [0.05, 0.1) is 0 Å². The van der Waals surface area contributed by atoms with Gasteiger partial charge in [-0.1, -0.05) is 59.7 Å². The van der Waals surface area contributed by atoms with E-state index in [9.17, 15) is 0 Å². The smallest absolute Gasteiger partial charge is 0.00961 e. The molecule has 0 saturated heterocycles. The molecule has 4 rings (SSSR count). The highest BCUT2D eigenvalue weighted by Gasteiger charge is 2.33. The first-order valence-corrected chi connectivity index (χ1v) is 7.12. The molecule has 0 bridgehead atoms. The number of fused-ring (bicyclic) bond motifs is 6. The first-order valence-electron chi connectivity index (χ1n) is 7.12. The van der Waals surface area contributed by atoms with Crippen LogP contribution in [0.4, 0.5) is 0 Å². The lowest BCUT2D eigenvalue weighted by Gasteiger charge is -2.31. The number of hydrogen-bond acceptors (Lipinski definition) is 0. The van der Waals surface area contributed by atoms with E-state index in [4.69, 9.17) is 0 Å². The van der Waals surface area contributed by atoms with Crippen molar-refractivity contribution in [2.45, 2.75) is 32.1 Å². The van der Waals surface area contributed by atoms with Gasteiger partial charge in [-0.2, -0.15) is 0 Å². The first kappa shape index (κ1) is 11.0. The van der Waals surface area contributed by atoms with Crippen LogP contribution in [0.1, 0.15) is 40.5 Å². The minimum Gasteiger partial charge on any atom is -0.0873 e. The van der Waals surface area contributed by atoms with Gasteiger partial charge in [-0.05, 0) is 48.4 Å². The van der Waals surface area contributed by atoms with Gasteiger partial charge >= 0.3 is 0 Å². The van der Waals surface area contributed by atoms with Crippen LogP contribution >= 0.6 is 0 Å². The Morgan fingerprint density at radius 2 is 1.47 bits per heavy atom. The monoisotopic (exact) mass is 246 g/mol. The zero-order valence-corrected chi connectivity index (χ0v) is 11.5. The molecule has 0 nitrogen and oxygen atoms in total. The lowest BCUT2D eigenvalue weighted by molar-refractivity contribution is 0.656. The summed E-state index contributed by atoms with van der Waals surface area (Å²) in [5.74, 6) is 1.24. The zero-order chi connectivity index (χ0) is 13.0. The second kappa shape index (κ2) is 3.84. The first-order chi connectivity index (χ1) is 9.24. The zero-order valence-electron chi connectivity index (χ0n) is 11.5. The standard InChI is InChI=1S/C19H18/c1-12-6-8-16-17-9-7-13(2)11-19(17)15-5-3-4-14(15)18(16)10-12/h3-4,6-11,14-15H,5H2,1-2H3. The summed E-state index contributed by atoms with van der Waals surface area (Å²) in [6.07, 6.45) is 5.96. The molecule has 0 radical (unpaired) electrons. The van der Waals surface area contributed by atoms with E-state index in [0.29, 0.717) is 11.8 Å². The number of rotatable bonds is 0. The Morgan fingerprint density at radius 3 is 2.21 bits per heavy atom. The average molecular weight is 246 g/mol. The molecule has 2 aromatic carbocycles. The maximum absolute atomic E-state index is 2.41. The summed E-state index contributed by atoms with van der Waals surface area (Å²) in [5.41, 5.74) is 8.70. The van der Waals surface area contributed by atoms with E-state index in [1.807, 2.05) is 0 Å². The Morgan fingerprint density at radius 1 is 0.842 bits per heavy atom. The molecule has 0 heterocycles. The topological polar surface area (TPSA) is 0 Å². The number of allylic oxidation sites excluding steroid dienone is 2. The fourth-order valence-electron chi connectivity index (χ4n) is 3.73. The largest absolute Gasteiger partial charge is 0.0873 e. The molecule has 2 atom stereocenters. The molecule has 0 saturated carbocycles. The van der Waals surface area contributed by atoms with E-state index in [1.165, 1.54) is 34.2 Å². The number of benzene rings is 2. The Bertz CT molecular complexity index is 691. The van der Waals surface area contributed by atoms with Crippen molar-refractivity contribution in [2.24, 2.45) is 0 Å². The highest BCUT2D eigenvalue weighted by molar-refractivity contribution is 5.77. The molecule has 0 heteroatoms. The van der Waals surface area contributed by atoms with Crippen molar-refractivity contribution < 1.29 is 0 Å². The van der Waals surface area contributed by atoms with Crippen LogP contribution in [0.5, 0.6) is 0 Å². The second-order valence-electron chi connectivity index (χ2n) is 5.98. The molecule has 0 aromatic heterocycles. The summed E-state index contributed by atoms with van der Waals surface area (Å²) in [6, 6.07) is 13.9. The molecule has 2 aromatic rings. The summed E-state index contributed by atoms with van der Waals surface area (Å²) < 4.78 is 0. The Balaban J connectivity index is 2.04. The fraction of sp³-hybridized carbons (Fsp3) is 0.263. The van der Waals surface area contributed by atoms with Crippen molar-refractivity contribution >= 4 is 0 Å². The molecule has 0 fully saturated rings. The van der Waals surface area contributed by atoms with E-state index >= 15 is 0 Å². The average Bonchev–Trinajstić information content (AvgIpc) is 2.88. The van der Waals surface area contributed by atoms with Crippen molar-refractivity contribution in [1.82, 2.24) is 0 Å². The molecular formula is C19H18. The third-order valence-corrected chi connectivity index (χ3v) is 4.63. The third kappa shape index (κ3) is 1.53. The van der Waals surface area contributed by atoms with E-state index in [2.05, 4.69) is 62.4 Å². The lowest BCUT2D eigenvalue weighted by atomic mass is 9.72. The molecule has 19 heavy (non-hydrogen) atoms. The third-order valence-electron chi connectivity index (χ3n) is 4.63. The summed E-state index contributed by atoms with van der Waals surface area (Å²) in [7, 11) is 0. The summed E-state index contributed by atoms with van der Waals surface area (Å²) in [5, 5.41) is 0. The van der Waals surface area contributed by atoms with Crippen LogP contribution < -0.4 is 0 Å². The maximum Gasteiger partial charge on any atom is 0.00961 e. The predicted molar refractivity (Wildman–Crippen MR) is 80.6 cm³/mol. The molecule has 0 amide bonds. The van der Waals surface area contributed by atoms with E-state index in [-0.39, 0.29) is 0 Å². The van der Waals surface area contributed by atoms with Gasteiger partial charge in [0, 0.05) is 5.92 Å². The van der Waals surface area contributed by atoms with E-state index in [0.717, 1.165) is 0 Å². The maximum atomic E-state index is 2.41. The summed E-state index contributed by atoms with van der Waals surface area (Å²) in [6.45, 7) is 4.39. The van der Waals surface area contributed by atoms with Gasteiger partial charge in [-0.3, -0.25) is 0 Å². The van der Waals surface area contributed by atoms with Crippen LogP contribution in [0, 0.1) is 13.8 Å². The van der Waals surface area contributed by atoms with Crippen LogP contribution in [-0.4, -0.2) is 0 Å². The SMILES string of the molecule is Cc1ccc2c(c1)C1C=CCC1c1cc(C)ccc1-2. The van der Waals surface area contributed by atoms with E-state index < -0.39 is 0 Å². The second-order valence-corrected chi connectivity index (χ2v) is 5.98. The van der Waals surface area contributed by atoms with Crippen LogP contribution in [0.3, 0.4) is 0 Å². The van der Waals surface area contributed by atoms with Gasteiger partial charge < -0.3 is 0 Å². The van der Waals surface area contributed by atoms with Crippen molar-refractivity contribution in [3.63, 3.8) is 0 Å². The van der Waals surface area contributed by atoms with Gasteiger partial charge in [0.15, 0.2) is 0 Å². The number of aryl methyl sites for hydroxylation is 2. The molecule has 0 N–H and O–H groups in total. The highest BCUT2D eigenvalue weighted by atomic mass is 14.4. The number of hydrogen-bond donors (Lipinski definition) is 0. The van der Waals surface area contributed by atoms with Crippen molar-refractivity contribution in [1.29, 1.82) is 0 Å². The normalized spacial score (nSPS) is 22.8. The quantitative estimate of drug-likeness (QED) is 0.566. The molecule has 2 aliphatic carbocycles. The molecule has 94 valence electrons. The van der Waals surface area contributed by atoms with Gasteiger partial charge in [0.2, 0.25) is 0 Å². The minimum atomic E-state index is 0.587. The van der Waals surface area contributed by atoms with Gasteiger partial charge in [-0.25, -0.2) is 0 Å². The van der Waals surface area contributed by atoms with Crippen molar-refractivity contribution in [2.75, 3.05) is 0 Å². The molecular weight excluding hydrogens is 228 g/mol. The van der Waals surface area contributed by atoms with Crippen LogP contribution in [0.25, 0.3) is 11.1 Å². The summed E-state index contributed by atoms with van der Waals surface area (Å²) >= 11 is 0. The lowest BCUT2D eigenvalue weighted by Crippen LogP contribution is -2.13. The highest BCUT2D eigenvalue weighted by Crippen LogP contribution is 2.51. The Kier molecular flexibility index (Phi) is 2.23. The van der Waals surface area contributed by atoms with Crippen molar-refractivity contribution in [3.05, 3.63) is 70.8 Å². The van der Waals surface area contributed by atoms with Crippen LogP contribution in [0.2, 0.25) is 0 Å². The summed E-state index contributed by atoms with van der Waals surface area (Å²) in [4.78, 5) is 0.